The number of aryl methyl sites for hydroxylation is 3. The number of hydrogen-bond donors (Lipinski definition) is 0. The number of hydrogen-bond acceptors (Lipinski definition) is 4. The van der Waals surface area contributed by atoms with Gasteiger partial charge in [-0.2, -0.15) is 4.98 Å². The highest BCUT2D eigenvalue weighted by atomic mass is 16.5. The Bertz CT molecular complexity index is 913. The van der Waals surface area contributed by atoms with Gasteiger partial charge in [-0.15, -0.1) is 0 Å². The summed E-state index contributed by atoms with van der Waals surface area (Å²) in [5.74, 6) is 0.945. The minimum Gasteiger partial charge on any atom is -0.337 e. The summed E-state index contributed by atoms with van der Waals surface area (Å²) in [6, 6.07) is 13.8. The molecule has 5 heteroatoms. The quantitative estimate of drug-likeness (QED) is 0.688. The minimum absolute atomic E-state index is 0.0243. The summed E-state index contributed by atoms with van der Waals surface area (Å²) in [5, 5.41) is 4.04. The van der Waals surface area contributed by atoms with Crippen LogP contribution >= 0.6 is 0 Å². The molecule has 0 fully saturated rings. The zero-order valence-corrected chi connectivity index (χ0v) is 15.6. The summed E-state index contributed by atoms with van der Waals surface area (Å²) < 4.78 is 5.37. The molecule has 0 saturated heterocycles. The van der Waals surface area contributed by atoms with E-state index in [2.05, 4.69) is 10.1 Å². The topological polar surface area (TPSA) is 59.2 Å². The average Bonchev–Trinajstić information content (AvgIpc) is 3.10. The van der Waals surface area contributed by atoms with E-state index in [1.807, 2.05) is 70.2 Å². The van der Waals surface area contributed by atoms with Crippen LogP contribution in [0, 0.1) is 20.8 Å². The van der Waals surface area contributed by atoms with Crippen molar-refractivity contribution >= 4 is 5.91 Å². The van der Waals surface area contributed by atoms with E-state index in [0.717, 1.165) is 16.7 Å². The van der Waals surface area contributed by atoms with Crippen molar-refractivity contribution in [3.8, 4) is 11.4 Å². The first-order chi connectivity index (χ1) is 12.5. The summed E-state index contributed by atoms with van der Waals surface area (Å²) in [5.41, 5.74) is 4.81. The van der Waals surface area contributed by atoms with Crippen LogP contribution in [0.15, 0.2) is 47.0 Å². The fourth-order valence-electron chi connectivity index (χ4n) is 2.77. The molecule has 0 bridgehead atoms. The number of rotatable bonds is 5. The third-order valence-corrected chi connectivity index (χ3v) is 4.40. The van der Waals surface area contributed by atoms with E-state index in [-0.39, 0.29) is 5.91 Å². The van der Waals surface area contributed by atoms with Crippen molar-refractivity contribution in [2.24, 2.45) is 0 Å². The van der Waals surface area contributed by atoms with Crippen LogP contribution in [0.5, 0.6) is 0 Å². The van der Waals surface area contributed by atoms with Gasteiger partial charge < -0.3 is 9.42 Å². The lowest BCUT2D eigenvalue weighted by Gasteiger charge is -2.20. The van der Waals surface area contributed by atoms with Crippen LogP contribution in [0.1, 0.15) is 39.9 Å². The molecule has 2 aromatic carbocycles. The van der Waals surface area contributed by atoms with E-state index < -0.39 is 0 Å². The normalized spacial score (nSPS) is 10.8. The molecule has 0 atom stereocenters. The van der Waals surface area contributed by atoms with Gasteiger partial charge in [0.05, 0.1) is 0 Å². The summed E-state index contributed by atoms with van der Waals surface area (Å²) in [4.78, 5) is 19.1. The first-order valence-electron chi connectivity index (χ1n) is 8.74. The van der Waals surface area contributed by atoms with Gasteiger partial charge in [0.1, 0.15) is 6.54 Å². The molecule has 0 aliphatic rings. The number of benzene rings is 2. The first kappa shape index (κ1) is 17.9. The molecule has 1 amide bonds. The Morgan fingerprint density at radius 1 is 1.04 bits per heavy atom. The molecule has 0 unspecified atom stereocenters. The molecule has 0 radical (unpaired) electrons. The SMILES string of the molecule is CCN(Cc1nc(-c2ccc(C)cc2)no1)C(=O)c1cc(C)ccc1C. The van der Waals surface area contributed by atoms with Gasteiger partial charge in [0.2, 0.25) is 11.7 Å². The lowest BCUT2D eigenvalue weighted by Crippen LogP contribution is -2.31. The summed E-state index contributed by atoms with van der Waals surface area (Å²) in [6.45, 7) is 8.76. The van der Waals surface area contributed by atoms with Crippen molar-refractivity contribution < 1.29 is 9.32 Å². The number of carbonyl (C=O) groups excluding carboxylic acids is 1. The fourth-order valence-corrected chi connectivity index (χ4v) is 2.77. The molecule has 134 valence electrons. The van der Waals surface area contributed by atoms with Crippen LogP contribution in [-0.2, 0) is 6.54 Å². The van der Waals surface area contributed by atoms with E-state index in [9.17, 15) is 4.79 Å². The number of aromatic nitrogens is 2. The van der Waals surface area contributed by atoms with Crippen molar-refractivity contribution in [1.29, 1.82) is 0 Å². The average molecular weight is 349 g/mol. The molecule has 5 nitrogen and oxygen atoms in total. The van der Waals surface area contributed by atoms with Crippen molar-refractivity contribution in [1.82, 2.24) is 15.0 Å². The molecule has 0 aliphatic carbocycles. The Morgan fingerprint density at radius 2 is 1.73 bits per heavy atom. The zero-order chi connectivity index (χ0) is 18.7. The minimum atomic E-state index is -0.0243. The molecule has 26 heavy (non-hydrogen) atoms. The fraction of sp³-hybridized carbons (Fsp3) is 0.286. The van der Waals surface area contributed by atoms with E-state index in [0.29, 0.717) is 30.4 Å². The molecule has 0 spiro atoms. The third-order valence-electron chi connectivity index (χ3n) is 4.40. The van der Waals surface area contributed by atoms with Crippen LogP contribution in [0.4, 0.5) is 0 Å². The molecular weight excluding hydrogens is 326 g/mol. The largest absolute Gasteiger partial charge is 0.337 e. The van der Waals surface area contributed by atoms with E-state index >= 15 is 0 Å². The highest BCUT2D eigenvalue weighted by Crippen LogP contribution is 2.18. The molecule has 1 heterocycles. The zero-order valence-electron chi connectivity index (χ0n) is 15.6. The first-order valence-corrected chi connectivity index (χ1v) is 8.74. The Hall–Kier alpha value is -2.95. The molecule has 1 aromatic heterocycles. The van der Waals surface area contributed by atoms with Crippen LogP contribution in [0.2, 0.25) is 0 Å². The number of carbonyl (C=O) groups is 1. The maximum atomic E-state index is 12.9. The third kappa shape index (κ3) is 3.82. The standard InChI is InChI=1S/C21H23N3O2/c1-5-24(21(25)18-12-15(3)6-9-16(18)4)13-19-22-20(23-26-19)17-10-7-14(2)8-11-17/h6-12H,5,13H2,1-4H3. The van der Waals surface area contributed by atoms with E-state index in [1.165, 1.54) is 5.56 Å². The molecule has 0 aliphatic heterocycles. The number of nitrogens with zero attached hydrogens (tertiary/aromatic N) is 3. The van der Waals surface area contributed by atoms with Crippen molar-refractivity contribution in [3.63, 3.8) is 0 Å². The monoisotopic (exact) mass is 349 g/mol. The maximum Gasteiger partial charge on any atom is 0.254 e. The second-order valence-corrected chi connectivity index (χ2v) is 6.52. The maximum absolute atomic E-state index is 12.9. The van der Waals surface area contributed by atoms with Gasteiger partial charge in [0.15, 0.2) is 0 Å². The second kappa shape index (κ2) is 7.52. The van der Waals surface area contributed by atoms with Crippen LogP contribution in [0.25, 0.3) is 11.4 Å². The molecule has 3 aromatic rings. The second-order valence-electron chi connectivity index (χ2n) is 6.52. The highest BCUT2D eigenvalue weighted by Gasteiger charge is 2.19. The van der Waals surface area contributed by atoms with Gasteiger partial charge in [-0.3, -0.25) is 4.79 Å². The Balaban J connectivity index is 1.79. The Kier molecular flexibility index (Phi) is 5.16. The predicted molar refractivity (Wildman–Crippen MR) is 101 cm³/mol. The summed E-state index contributed by atoms with van der Waals surface area (Å²) in [6.07, 6.45) is 0. The smallest absolute Gasteiger partial charge is 0.254 e. The lowest BCUT2D eigenvalue weighted by atomic mass is 10.0. The van der Waals surface area contributed by atoms with Crippen LogP contribution in [-0.4, -0.2) is 27.5 Å². The van der Waals surface area contributed by atoms with Gasteiger partial charge in [-0.25, -0.2) is 0 Å². The van der Waals surface area contributed by atoms with Gasteiger partial charge in [0, 0.05) is 17.7 Å². The van der Waals surface area contributed by atoms with Crippen LogP contribution in [0.3, 0.4) is 0 Å². The van der Waals surface area contributed by atoms with Crippen molar-refractivity contribution in [2.45, 2.75) is 34.2 Å². The van der Waals surface area contributed by atoms with Gasteiger partial charge in [-0.05, 0) is 39.3 Å². The van der Waals surface area contributed by atoms with Gasteiger partial charge in [0.25, 0.3) is 5.91 Å². The predicted octanol–water partition coefficient (Wildman–Crippen LogP) is 4.32. The van der Waals surface area contributed by atoms with Crippen molar-refractivity contribution in [3.05, 3.63) is 70.6 Å². The number of amides is 1. The Labute approximate surface area is 153 Å². The van der Waals surface area contributed by atoms with Gasteiger partial charge in [-0.1, -0.05) is 52.7 Å². The summed E-state index contributed by atoms with van der Waals surface area (Å²) >= 11 is 0. The Morgan fingerprint density at radius 3 is 2.42 bits per heavy atom. The van der Waals surface area contributed by atoms with Crippen LogP contribution < -0.4 is 0 Å². The lowest BCUT2D eigenvalue weighted by molar-refractivity contribution is 0.0733. The molecule has 0 N–H and O–H groups in total. The molecule has 0 saturated carbocycles. The van der Waals surface area contributed by atoms with E-state index in [1.54, 1.807) is 4.90 Å². The highest BCUT2D eigenvalue weighted by molar-refractivity contribution is 5.95. The van der Waals surface area contributed by atoms with Crippen molar-refractivity contribution in [2.75, 3.05) is 6.54 Å². The van der Waals surface area contributed by atoms with Gasteiger partial charge >= 0.3 is 0 Å². The molecule has 3 rings (SSSR count). The summed E-state index contributed by atoms with van der Waals surface area (Å²) in [7, 11) is 0. The van der Waals surface area contributed by atoms with E-state index in [4.69, 9.17) is 4.52 Å². The molecular formula is C21H23N3O2.